The molecule has 264 valence electrons. The SMILES string of the molecule is CC(C)(O)c1ccccc1CC[C@@H](SCC1CC1CC(=O)O)c1cccc([C@@H](Cc2ccc3ccc(Cl)cc3n2)SCC2(CC(=O)O)CC2)c1. The average molecular weight is 732 g/mol. The lowest BCUT2D eigenvalue weighted by Crippen LogP contribution is -2.18. The Balaban J connectivity index is 1.27. The molecule has 4 aromatic rings. The Morgan fingerprint density at radius 2 is 1.66 bits per heavy atom. The number of thioether (sulfide) groups is 2. The third-order valence-corrected chi connectivity index (χ3v) is 13.6. The number of halogens is 1. The van der Waals surface area contributed by atoms with E-state index in [1.807, 2.05) is 73.8 Å². The minimum atomic E-state index is -0.941. The zero-order valence-electron chi connectivity index (χ0n) is 28.7. The van der Waals surface area contributed by atoms with Gasteiger partial charge in [-0.2, -0.15) is 23.5 Å². The second-order valence-corrected chi connectivity index (χ2v) is 17.7. The van der Waals surface area contributed by atoms with Gasteiger partial charge in [-0.25, -0.2) is 0 Å². The quantitative estimate of drug-likeness (QED) is 0.0929. The van der Waals surface area contributed by atoms with Gasteiger partial charge in [0.25, 0.3) is 0 Å². The number of aromatic nitrogens is 1. The van der Waals surface area contributed by atoms with Crippen LogP contribution in [-0.4, -0.2) is 43.7 Å². The number of fused-ring (bicyclic) bond motifs is 1. The van der Waals surface area contributed by atoms with Crippen LogP contribution in [0.4, 0.5) is 0 Å². The summed E-state index contributed by atoms with van der Waals surface area (Å²) in [6.45, 7) is 3.66. The Morgan fingerprint density at radius 3 is 2.38 bits per heavy atom. The lowest BCUT2D eigenvalue weighted by molar-refractivity contribution is -0.138. The fourth-order valence-electron chi connectivity index (χ4n) is 7.01. The molecule has 2 saturated carbocycles. The molecule has 9 heteroatoms. The summed E-state index contributed by atoms with van der Waals surface area (Å²) in [5.74, 6) is 0.922. The summed E-state index contributed by atoms with van der Waals surface area (Å²) in [4.78, 5) is 28.0. The van der Waals surface area contributed by atoms with Crippen molar-refractivity contribution in [3.63, 3.8) is 0 Å². The van der Waals surface area contributed by atoms with Gasteiger partial charge in [-0.05, 0) is 109 Å². The lowest BCUT2D eigenvalue weighted by atomic mass is 9.90. The van der Waals surface area contributed by atoms with Gasteiger partial charge in [-0.1, -0.05) is 72.3 Å². The largest absolute Gasteiger partial charge is 0.481 e. The molecule has 0 aliphatic heterocycles. The van der Waals surface area contributed by atoms with E-state index in [9.17, 15) is 24.9 Å². The van der Waals surface area contributed by atoms with Gasteiger partial charge in [0.1, 0.15) is 0 Å². The van der Waals surface area contributed by atoms with E-state index >= 15 is 0 Å². The molecule has 3 N–H and O–H groups in total. The number of aliphatic hydroxyl groups is 1. The molecule has 50 heavy (non-hydrogen) atoms. The van der Waals surface area contributed by atoms with Crippen LogP contribution in [0.1, 0.15) is 90.8 Å². The zero-order chi connectivity index (χ0) is 35.5. The maximum absolute atomic E-state index is 11.7. The number of benzene rings is 3. The van der Waals surface area contributed by atoms with Crippen LogP contribution in [0.15, 0.2) is 78.9 Å². The van der Waals surface area contributed by atoms with Gasteiger partial charge < -0.3 is 15.3 Å². The van der Waals surface area contributed by atoms with E-state index in [2.05, 4.69) is 42.5 Å². The van der Waals surface area contributed by atoms with Crippen LogP contribution in [-0.2, 0) is 28.0 Å². The predicted molar refractivity (Wildman–Crippen MR) is 205 cm³/mol. The van der Waals surface area contributed by atoms with Gasteiger partial charge in [-0.3, -0.25) is 14.6 Å². The van der Waals surface area contributed by atoms with Crippen LogP contribution in [0.25, 0.3) is 10.9 Å². The highest BCUT2D eigenvalue weighted by Gasteiger charge is 2.45. The van der Waals surface area contributed by atoms with Crippen molar-refractivity contribution in [1.82, 2.24) is 4.98 Å². The molecule has 0 bridgehead atoms. The number of carboxylic acids is 2. The maximum Gasteiger partial charge on any atom is 0.303 e. The predicted octanol–water partition coefficient (Wildman–Crippen LogP) is 9.91. The van der Waals surface area contributed by atoms with E-state index in [0.717, 1.165) is 71.3 Å². The van der Waals surface area contributed by atoms with Gasteiger partial charge >= 0.3 is 11.9 Å². The summed E-state index contributed by atoms with van der Waals surface area (Å²) in [5, 5.41) is 31.8. The van der Waals surface area contributed by atoms with Gasteiger partial charge in [-0.15, -0.1) is 0 Å². The normalized spacial score (nSPS) is 19.2. The smallest absolute Gasteiger partial charge is 0.303 e. The Labute approximate surface area is 308 Å². The number of hydrogen-bond donors (Lipinski definition) is 3. The Morgan fingerprint density at radius 1 is 0.920 bits per heavy atom. The first-order valence-corrected chi connectivity index (χ1v) is 20.0. The molecular formula is C41H46ClNO5S2. The molecule has 6 rings (SSSR count). The highest BCUT2D eigenvalue weighted by molar-refractivity contribution is 7.99. The molecule has 4 atom stereocenters. The Kier molecular flexibility index (Phi) is 11.5. The third kappa shape index (κ3) is 9.84. The summed E-state index contributed by atoms with van der Waals surface area (Å²) in [6, 6.07) is 26.9. The third-order valence-electron chi connectivity index (χ3n) is 10.2. The van der Waals surface area contributed by atoms with Gasteiger partial charge in [0, 0.05) is 45.2 Å². The Hall–Kier alpha value is -3.04. The number of rotatable bonds is 18. The summed E-state index contributed by atoms with van der Waals surface area (Å²) in [5.41, 5.74) is 5.27. The number of carbonyl (C=O) groups is 2. The number of aliphatic carboxylic acids is 2. The fourth-order valence-corrected chi connectivity index (χ4v) is 10.3. The molecule has 3 aromatic carbocycles. The number of carboxylic acid groups (broad SMARTS) is 2. The Bertz CT molecular complexity index is 1840. The van der Waals surface area contributed by atoms with Crippen molar-refractivity contribution in [3.8, 4) is 0 Å². The number of pyridine rings is 1. The minimum Gasteiger partial charge on any atom is -0.481 e. The monoisotopic (exact) mass is 731 g/mol. The molecule has 2 unspecified atom stereocenters. The highest BCUT2D eigenvalue weighted by atomic mass is 35.5. The minimum absolute atomic E-state index is 0.0790. The van der Waals surface area contributed by atoms with Crippen molar-refractivity contribution in [1.29, 1.82) is 0 Å². The number of nitrogens with zero attached hydrogens (tertiary/aromatic N) is 1. The first-order valence-electron chi connectivity index (χ1n) is 17.5. The first-order chi connectivity index (χ1) is 23.9. The van der Waals surface area contributed by atoms with E-state index in [4.69, 9.17) is 16.6 Å². The van der Waals surface area contributed by atoms with Crippen LogP contribution in [0.2, 0.25) is 5.02 Å². The van der Waals surface area contributed by atoms with E-state index in [0.29, 0.717) is 17.4 Å². The van der Waals surface area contributed by atoms with Crippen LogP contribution >= 0.6 is 35.1 Å². The van der Waals surface area contributed by atoms with Crippen molar-refractivity contribution < 1.29 is 24.9 Å². The molecular weight excluding hydrogens is 686 g/mol. The topological polar surface area (TPSA) is 108 Å². The van der Waals surface area contributed by atoms with Gasteiger partial charge in [0.15, 0.2) is 0 Å². The molecule has 2 aliphatic rings. The van der Waals surface area contributed by atoms with Crippen molar-refractivity contribution >= 4 is 58.0 Å². The lowest BCUT2D eigenvalue weighted by Gasteiger charge is -2.25. The molecule has 0 saturated heterocycles. The summed E-state index contributed by atoms with van der Waals surface area (Å²) < 4.78 is 0. The van der Waals surface area contributed by atoms with Crippen molar-refractivity contribution in [2.75, 3.05) is 11.5 Å². The maximum atomic E-state index is 11.7. The molecule has 1 heterocycles. The van der Waals surface area contributed by atoms with Crippen LogP contribution in [0.3, 0.4) is 0 Å². The molecule has 0 radical (unpaired) electrons. The van der Waals surface area contributed by atoms with Crippen molar-refractivity contribution in [2.45, 2.75) is 81.3 Å². The van der Waals surface area contributed by atoms with E-state index in [1.54, 1.807) is 0 Å². The molecule has 1 aromatic heterocycles. The number of hydrogen-bond acceptors (Lipinski definition) is 6. The molecule has 2 aliphatic carbocycles. The van der Waals surface area contributed by atoms with Crippen LogP contribution in [0.5, 0.6) is 0 Å². The van der Waals surface area contributed by atoms with Crippen LogP contribution < -0.4 is 0 Å². The zero-order valence-corrected chi connectivity index (χ0v) is 31.1. The first kappa shape index (κ1) is 36.7. The highest BCUT2D eigenvalue weighted by Crippen LogP contribution is 2.53. The molecule has 6 nitrogen and oxygen atoms in total. The van der Waals surface area contributed by atoms with Crippen LogP contribution in [0, 0.1) is 17.3 Å². The fraction of sp³-hybridized carbons (Fsp3) is 0.439. The van der Waals surface area contributed by atoms with E-state index in [1.165, 1.54) is 11.1 Å². The summed E-state index contributed by atoms with van der Waals surface area (Å²) >= 11 is 10.1. The number of aryl methyl sites for hydroxylation is 1. The van der Waals surface area contributed by atoms with E-state index < -0.39 is 17.5 Å². The summed E-state index contributed by atoms with van der Waals surface area (Å²) in [6.07, 6.45) is 5.69. The second kappa shape index (κ2) is 15.7. The standard InChI is InChI=1S/C41H46ClNO5S2/c1-40(2,48)34-9-4-3-6-26(34)12-15-36(49-24-31-19-30(31)20-38(44)45)28-7-5-8-29(18-28)37(50-25-41(16-17-41)23-39(46)47)22-33-14-11-27-10-13-32(42)21-35(27)43-33/h3-11,13-14,18,21,30-31,36-37,48H,12,15-17,19-20,22-25H2,1-2H3,(H,44,45)(H,46,47)/t30?,31?,36-,37-/m1/s1. The second-order valence-electron chi connectivity index (χ2n) is 14.8. The van der Waals surface area contributed by atoms with Crippen molar-refractivity contribution in [3.05, 3.63) is 112 Å². The molecule has 0 amide bonds. The molecule has 2 fully saturated rings. The van der Waals surface area contributed by atoms with E-state index in [-0.39, 0.29) is 34.7 Å². The average Bonchev–Trinajstić information content (AvgIpc) is 4.00. The van der Waals surface area contributed by atoms with Crippen molar-refractivity contribution in [2.24, 2.45) is 17.3 Å². The van der Waals surface area contributed by atoms with Gasteiger partial charge in [0.05, 0.1) is 17.5 Å². The summed E-state index contributed by atoms with van der Waals surface area (Å²) in [7, 11) is 0. The molecule has 0 spiro atoms. The van der Waals surface area contributed by atoms with Gasteiger partial charge in [0.2, 0.25) is 0 Å².